The van der Waals surface area contributed by atoms with Gasteiger partial charge in [0.15, 0.2) is 5.78 Å². The van der Waals surface area contributed by atoms with Gasteiger partial charge < -0.3 is 4.74 Å². The summed E-state index contributed by atoms with van der Waals surface area (Å²) in [5.41, 5.74) is 0. The lowest BCUT2D eigenvalue weighted by Gasteiger charge is -1.99. The molecule has 0 aromatic heterocycles. The largest absolute Gasteiger partial charge is 0.428 e. The predicted octanol–water partition coefficient (Wildman–Crippen LogP) is 3.30. The van der Waals surface area contributed by atoms with Gasteiger partial charge >= 0.3 is 5.97 Å². The van der Waals surface area contributed by atoms with Crippen LogP contribution in [0.4, 0.5) is 0 Å². The number of ketones is 1. The molecule has 0 saturated heterocycles. The lowest BCUT2D eigenvalue weighted by atomic mass is 10.1. The minimum Gasteiger partial charge on any atom is -0.428 e. The number of ether oxygens (including phenoxy) is 1. The van der Waals surface area contributed by atoms with E-state index in [1.165, 1.54) is 31.4 Å². The van der Waals surface area contributed by atoms with Gasteiger partial charge in [-0.25, -0.2) is 4.79 Å². The molecule has 0 fully saturated rings. The molecule has 0 heterocycles. The first kappa shape index (κ1) is 13.7. The van der Waals surface area contributed by atoms with Crippen molar-refractivity contribution in [3.63, 3.8) is 0 Å². The minimum atomic E-state index is -0.374. The first-order chi connectivity index (χ1) is 8.22. The second-order valence-corrected chi connectivity index (χ2v) is 4.25. The van der Waals surface area contributed by atoms with Gasteiger partial charge in [0.25, 0.3) is 0 Å². The molecule has 3 nitrogen and oxygen atoms in total. The van der Waals surface area contributed by atoms with E-state index in [0.717, 1.165) is 12.8 Å². The molecule has 17 heavy (non-hydrogen) atoms. The zero-order valence-electron chi connectivity index (χ0n) is 10.4. The fourth-order valence-electron chi connectivity index (χ4n) is 1.68. The first-order valence-electron chi connectivity index (χ1n) is 6.34. The Morgan fingerprint density at radius 3 is 2.82 bits per heavy atom. The van der Waals surface area contributed by atoms with Gasteiger partial charge in [0.2, 0.25) is 0 Å². The maximum Gasteiger partial charge on any atom is 0.335 e. The van der Waals surface area contributed by atoms with E-state index in [4.69, 9.17) is 4.74 Å². The van der Waals surface area contributed by atoms with Gasteiger partial charge in [-0.1, -0.05) is 32.3 Å². The molecule has 0 bridgehead atoms. The fraction of sp³-hybridized carbons (Fsp3) is 0.571. The van der Waals surface area contributed by atoms with E-state index >= 15 is 0 Å². The molecule has 0 N–H and O–H groups in total. The number of rotatable bonds is 7. The van der Waals surface area contributed by atoms with Crippen molar-refractivity contribution in [2.24, 2.45) is 0 Å². The third kappa shape index (κ3) is 6.05. The number of unbranched alkanes of at least 4 members (excludes halogenated alkanes) is 4. The Morgan fingerprint density at radius 2 is 2.18 bits per heavy atom. The van der Waals surface area contributed by atoms with Crippen LogP contribution in [0.3, 0.4) is 0 Å². The lowest BCUT2D eigenvalue weighted by molar-refractivity contribution is -0.133. The Morgan fingerprint density at radius 1 is 1.35 bits per heavy atom. The average Bonchev–Trinajstić information content (AvgIpc) is 2.69. The number of allylic oxidation sites excluding steroid dienone is 3. The van der Waals surface area contributed by atoms with Crippen molar-refractivity contribution >= 4 is 11.8 Å². The van der Waals surface area contributed by atoms with Crippen LogP contribution < -0.4 is 0 Å². The van der Waals surface area contributed by atoms with E-state index in [1.54, 1.807) is 0 Å². The van der Waals surface area contributed by atoms with Crippen LogP contribution >= 0.6 is 0 Å². The molecule has 1 aliphatic rings. The number of hydrogen-bond donors (Lipinski definition) is 0. The molecule has 0 spiro atoms. The highest BCUT2D eigenvalue weighted by atomic mass is 16.5. The Labute approximate surface area is 103 Å². The van der Waals surface area contributed by atoms with E-state index < -0.39 is 0 Å². The molecule has 0 atom stereocenters. The van der Waals surface area contributed by atoms with Crippen LogP contribution in [0, 0.1) is 0 Å². The predicted molar refractivity (Wildman–Crippen MR) is 66.3 cm³/mol. The molecule has 0 amide bonds. The summed E-state index contributed by atoms with van der Waals surface area (Å²) in [6.45, 7) is 2.17. The highest BCUT2D eigenvalue weighted by Crippen LogP contribution is 2.16. The first-order valence-corrected chi connectivity index (χ1v) is 6.34. The van der Waals surface area contributed by atoms with Crippen molar-refractivity contribution in [2.45, 2.75) is 51.9 Å². The third-order valence-corrected chi connectivity index (χ3v) is 2.65. The molecule has 0 radical (unpaired) electrons. The van der Waals surface area contributed by atoms with E-state index in [2.05, 4.69) is 6.92 Å². The molecule has 3 heteroatoms. The SMILES string of the molecule is CCCCCC/C=C/C(=O)OC1=CC(=O)CC1. The van der Waals surface area contributed by atoms with Crippen molar-refractivity contribution in [3.8, 4) is 0 Å². The molecule has 0 saturated carbocycles. The van der Waals surface area contributed by atoms with Crippen LogP contribution in [-0.2, 0) is 14.3 Å². The lowest BCUT2D eigenvalue weighted by Crippen LogP contribution is -1.98. The van der Waals surface area contributed by atoms with Crippen molar-refractivity contribution in [1.29, 1.82) is 0 Å². The average molecular weight is 236 g/mol. The standard InChI is InChI=1S/C14H20O3/c1-2-3-4-5-6-7-8-14(16)17-13-10-9-12(15)11-13/h7-8,11H,2-6,9-10H2,1H3/b8-7+. The molecule has 1 rings (SSSR count). The van der Waals surface area contributed by atoms with E-state index in [0.29, 0.717) is 18.6 Å². The quantitative estimate of drug-likeness (QED) is 0.387. The van der Waals surface area contributed by atoms with Crippen molar-refractivity contribution in [2.75, 3.05) is 0 Å². The van der Waals surface area contributed by atoms with Gasteiger partial charge in [0, 0.05) is 25.0 Å². The maximum atomic E-state index is 11.3. The Kier molecular flexibility index (Phi) is 6.30. The van der Waals surface area contributed by atoms with E-state index in [9.17, 15) is 9.59 Å². The van der Waals surface area contributed by atoms with Gasteiger partial charge in [-0.2, -0.15) is 0 Å². The summed E-state index contributed by atoms with van der Waals surface area (Å²) in [5.74, 6) is 0.161. The van der Waals surface area contributed by atoms with Crippen molar-refractivity contribution < 1.29 is 14.3 Å². The van der Waals surface area contributed by atoms with Crippen LogP contribution in [0.25, 0.3) is 0 Å². The molecule has 0 aromatic carbocycles. The zero-order chi connectivity index (χ0) is 12.5. The third-order valence-electron chi connectivity index (χ3n) is 2.65. The monoisotopic (exact) mass is 236 g/mol. The summed E-state index contributed by atoms with van der Waals surface area (Å²) in [6.07, 6.45) is 11.4. The van der Waals surface area contributed by atoms with Gasteiger partial charge in [0.1, 0.15) is 5.76 Å². The Balaban J connectivity index is 2.14. The summed E-state index contributed by atoms with van der Waals surface area (Å²) >= 11 is 0. The molecule has 0 aliphatic heterocycles. The molecule has 1 aliphatic carbocycles. The minimum absolute atomic E-state index is 0.0383. The highest BCUT2D eigenvalue weighted by Gasteiger charge is 2.14. The van der Waals surface area contributed by atoms with Crippen molar-refractivity contribution in [3.05, 3.63) is 24.0 Å². The van der Waals surface area contributed by atoms with Crippen LogP contribution in [0.1, 0.15) is 51.9 Å². The second kappa shape index (κ2) is 7.82. The van der Waals surface area contributed by atoms with Gasteiger partial charge in [-0.05, 0) is 12.8 Å². The number of carbonyl (C=O) groups is 2. The summed E-state index contributed by atoms with van der Waals surface area (Å²) in [6, 6.07) is 0. The smallest absolute Gasteiger partial charge is 0.335 e. The van der Waals surface area contributed by atoms with Gasteiger partial charge in [-0.3, -0.25) is 4.79 Å². The number of carbonyl (C=O) groups excluding carboxylic acids is 2. The highest BCUT2D eigenvalue weighted by molar-refractivity contribution is 5.93. The van der Waals surface area contributed by atoms with Crippen LogP contribution in [-0.4, -0.2) is 11.8 Å². The van der Waals surface area contributed by atoms with Crippen molar-refractivity contribution in [1.82, 2.24) is 0 Å². The summed E-state index contributed by atoms with van der Waals surface area (Å²) in [4.78, 5) is 22.2. The summed E-state index contributed by atoms with van der Waals surface area (Å²) < 4.78 is 5.02. The fourth-order valence-corrected chi connectivity index (χ4v) is 1.68. The Bertz CT molecular complexity index is 326. The summed E-state index contributed by atoms with van der Waals surface area (Å²) in [5, 5.41) is 0. The molecule has 94 valence electrons. The molecular weight excluding hydrogens is 216 g/mol. The van der Waals surface area contributed by atoms with Crippen LogP contribution in [0.5, 0.6) is 0 Å². The second-order valence-electron chi connectivity index (χ2n) is 4.25. The molecule has 0 aromatic rings. The number of esters is 1. The summed E-state index contributed by atoms with van der Waals surface area (Å²) in [7, 11) is 0. The van der Waals surface area contributed by atoms with E-state index in [1.807, 2.05) is 6.08 Å². The molecular formula is C14H20O3. The van der Waals surface area contributed by atoms with Crippen LogP contribution in [0.2, 0.25) is 0 Å². The van der Waals surface area contributed by atoms with E-state index in [-0.39, 0.29) is 11.8 Å². The number of hydrogen-bond acceptors (Lipinski definition) is 3. The topological polar surface area (TPSA) is 43.4 Å². The van der Waals surface area contributed by atoms with Gasteiger partial charge in [-0.15, -0.1) is 0 Å². The molecule has 0 unspecified atom stereocenters. The van der Waals surface area contributed by atoms with Crippen LogP contribution in [0.15, 0.2) is 24.0 Å². The normalized spacial score (nSPS) is 15.4. The maximum absolute atomic E-state index is 11.3. The Hall–Kier alpha value is -1.38. The van der Waals surface area contributed by atoms with Gasteiger partial charge in [0.05, 0.1) is 0 Å². The zero-order valence-corrected chi connectivity index (χ0v) is 10.4.